The molecule has 2 heterocycles. The van der Waals surface area contributed by atoms with Crippen LogP contribution in [0.3, 0.4) is 0 Å². The molecule has 1 unspecified atom stereocenters. The van der Waals surface area contributed by atoms with E-state index in [0.29, 0.717) is 39.3 Å². The fourth-order valence-electron chi connectivity index (χ4n) is 3.58. The number of aromatic nitrogens is 2. The first kappa shape index (κ1) is 22.0. The molecule has 8 nitrogen and oxygen atoms in total. The number of hydrogen-bond donors (Lipinski definition) is 1. The molecule has 1 aliphatic rings. The van der Waals surface area contributed by atoms with E-state index in [4.69, 9.17) is 21.1 Å². The summed E-state index contributed by atoms with van der Waals surface area (Å²) in [7, 11) is 3.08. The molecule has 1 aromatic heterocycles. The fraction of sp³-hybridized carbons (Fsp3) is 0.273. The zero-order valence-electron chi connectivity index (χ0n) is 17.5. The molecule has 1 atom stereocenters. The van der Waals surface area contributed by atoms with Crippen molar-refractivity contribution in [2.45, 2.75) is 18.9 Å². The molecule has 1 saturated heterocycles. The highest BCUT2D eigenvalue weighted by molar-refractivity contribution is 7.13. The number of nitrogens with zero attached hydrogens (tertiary/aromatic N) is 3. The van der Waals surface area contributed by atoms with E-state index in [1.165, 1.54) is 11.3 Å². The molecule has 1 N–H and O–H groups in total. The summed E-state index contributed by atoms with van der Waals surface area (Å²) in [6.45, 7) is 0.590. The zero-order chi connectivity index (χ0) is 22.7. The highest BCUT2D eigenvalue weighted by atomic mass is 35.5. The minimum Gasteiger partial charge on any atom is -0.497 e. The molecule has 2 aromatic carbocycles. The van der Waals surface area contributed by atoms with Gasteiger partial charge in [0.2, 0.25) is 5.01 Å². The van der Waals surface area contributed by atoms with Gasteiger partial charge in [-0.2, -0.15) is 0 Å². The number of likely N-dealkylation sites (tertiary alicyclic amines) is 1. The number of methoxy groups -OCH3 is 2. The highest BCUT2D eigenvalue weighted by Gasteiger charge is 2.34. The van der Waals surface area contributed by atoms with Gasteiger partial charge in [0.05, 0.1) is 20.3 Å². The molecule has 1 aliphatic heterocycles. The van der Waals surface area contributed by atoms with Crippen LogP contribution in [0.1, 0.15) is 44.1 Å². The van der Waals surface area contributed by atoms with Crippen LogP contribution in [0.15, 0.2) is 42.5 Å². The van der Waals surface area contributed by atoms with E-state index in [1.54, 1.807) is 61.6 Å². The molecule has 1 fully saturated rings. The molecule has 0 bridgehead atoms. The van der Waals surface area contributed by atoms with Crippen molar-refractivity contribution in [3.05, 3.63) is 63.1 Å². The lowest BCUT2D eigenvalue weighted by atomic mass is 10.1. The van der Waals surface area contributed by atoms with Gasteiger partial charge in [0.15, 0.2) is 0 Å². The van der Waals surface area contributed by atoms with Crippen molar-refractivity contribution >= 4 is 40.4 Å². The molecule has 0 radical (unpaired) electrons. The van der Waals surface area contributed by atoms with Crippen molar-refractivity contribution in [1.82, 2.24) is 15.1 Å². The Morgan fingerprint density at radius 3 is 2.56 bits per heavy atom. The number of amides is 2. The minimum absolute atomic E-state index is 0.148. The maximum atomic E-state index is 13.3. The Morgan fingerprint density at radius 2 is 1.88 bits per heavy atom. The standard InChI is InChI=1S/C22H21ClN4O4S/c1-30-16-9-13(10-17(12-16)31-2)22(29)27-8-4-7-18(27)20-25-26-21(32-20)19(28)24-15-6-3-5-14(23)11-15/h3,5-6,9-12,18H,4,7-8H2,1-2H3,(H,24,28). The van der Waals surface area contributed by atoms with Gasteiger partial charge in [-0.25, -0.2) is 0 Å². The van der Waals surface area contributed by atoms with E-state index in [9.17, 15) is 9.59 Å². The largest absolute Gasteiger partial charge is 0.497 e. The number of ether oxygens (including phenoxy) is 2. The predicted octanol–water partition coefficient (Wildman–Crippen LogP) is 4.44. The van der Waals surface area contributed by atoms with E-state index in [1.807, 2.05) is 0 Å². The van der Waals surface area contributed by atoms with E-state index < -0.39 is 0 Å². The predicted molar refractivity (Wildman–Crippen MR) is 122 cm³/mol. The third kappa shape index (κ3) is 4.68. The number of benzene rings is 2. The summed E-state index contributed by atoms with van der Waals surface area (Å²) in [6.07, 6.45) is 1.58. The second-order valence-electron chi connectivity index (χ2n) is 7.17. The maximum Gasteiger partial charge on any atom is 0.286 e. The first-order chi connectivity index (χ1) is 15.5. The first-order valence-corrected chi connectivity index (χ1v) is 11.1. The first-order valence-electron chi connectivity index (χ1n) is 9.93. The van der Waals surface area contributed by atoms with E-state index in [2.05, 4.69) is 15.5 Å². The van der Waals surface area contributed by atoms with Crippen LogP contribution in [-0.2, 0) is 0 Å². The molecule has 3 aromatic rings. The molecule has 2 amide bonds. The normalized spacial score (nSPS) is 15.5. The van der Waals surface area contributed by atoms with Crippen molar-refractivity contribution < 1.29 is 19.1 Å². The lowest BCUT2D eigenvalue weighted by molar-refractivity contribution is 0.0734. The smallest absolute Gasteiger partial charge is 0.286 e. The third-order valence-electron chi connectivity index (χ3n) is 5.11. The van der Waals surface area contributed by atoms with Gasteiger partial charge in [-0.3, -0.25) is 9.59 Å². The number of halogens is 1. The monoisotopic (exact) mass is 472 g/mol. The number of carbonyl (C=O) groups excluding carboxylic acids is 2. The van der Waals surface area contributed by atoms with Gasteiger partial charge in [-0.1, -0.05) is 29.0 Å². The van der Waals surface area contributed by atoms with Crippen LogP contribution >= 0.6 is 22.9 Å². The van der Waals surface area contributed by atoms with E-state index in [-0.39, 0.29) is 22.9 Å². The van der Waals surface area contributed by atoms with Crippen LogP contribution in [0.4, 0.5) is 5.69 Å². The van der Waals surface area contributed by atoms with Crippen molar-refractivity contribution in [3.8, 4) is 11.5 Å². The van der Waals surface area contributed by atoms with Crippen molar-refractivity contribution in [2.75, 3.05) is 26.1 Å². The van der Waals surface area contributed by atoms with Gasteiger partial charge in [-0.15, -0.1) is 10.2 Å². The Hall–Kier alpha value is -3.17. The van der Waals surface area contributed by atoms with Gasteiger partial charge < -0.3 is 19.7 Å². The number of hydrogen-bond acceptors (Lipinski definition) is 7. The quantitative estimate of drug-likeness (QED) is 0.570. The van der Waals surface area contributed by atoms with Crippen LogP contribution in [0.25, 0.3) is 0 Å². The van der Waals surface area contributed by atoms with Gasteiger partial charge in [0.1, 0.15) is 16.5 Å². The Morgan fingerprint density at radius 1 is 1.12 bits per heavy atom. The highest BCUT2D eigenvalue weighted by Crippen LogP contribution is 2.36. The van der Waals surface area contributed by atoms with E-state index >= 15 is 0 Å². The number of carbonyl (C=O) groups is 2. The summed E-state index contributed by atoms with van der Waals surface area (Å²) in [4.78, 5) is 27.6. The topological polar surface area (TPSA) is 93.7 Å². The van der Waals surface area contributed by atoms with Crippen LogP contribution in [0.5, 0.6) is 11.5 Å². The second kappa shape index (κ2) is 9.54. The summed E-state index contributed by atoms with van der Waals surface area (Å²) in [5, 5.41) is 12.4. The van der Waals surface area contributed by atoms with Crippen LogP contribution in [-0.4, -0.2) is 47.7 Å². The molecule has 0 saturated carbocycles. The Labute approximate surface area is 194 Å². The zero-order valence-corrected chi connectivity index (χ0v) is 19.1. The summed E-state index contributed by atoms with van der Waals surface area (Å²) in [5.74, 6) is 0.563. The minimum atomic E-state index is -0.371. The second-order valence-corrected chi connectivity index (χ2v) is 8.61. The SMILES string of the molecule is COc1cc(OC)cc(C(=O)N2CCCC2c2nnc(C(=O)Nc3cccc(Cl)c3)s2)c1. The molecule has 10 heteroatoms. The Kier molecular flexibility index (Phi) is 6.57. The Bertz CT molecular complexity index is 1130. The Balaban J connectivity index is 1.52. The van der Waals surface area contributed by atoms with Crippen molar-refractivity contribution in [3.63, 3.8) is 0 Å². The fourth-order valence-corrected chi connectivity index (χ4v) is 4.65. The number of anilines is 1. The van der Waals surface area contributed by atoms with Crippen LogP contribution in [0.2, 0.25) is 5.02 Å². The number of nitrogens with one attached hydrogen (secondary N) is 1. The lowest BCUT2D eigenvalue weighted by Crippen LogP contribution is -2.30. The molecular formula is C22H21ClN4O4S. The molecule has 0 aliphatic carbocycles. The lowest BCUT2D eigenvalue weighted by Gasteiger charge is -2.23. The van der Waals surface area contributed by atoms with Crippen LogP contribution in [0, 0.1) is 0 Å². The van der Waals surface area contributed by atoms with Gasteiger partial charge in [0, 0.05) is 28.9 Å². The summed E-state index contributed by atoms with van der Waals surface area (Å²) in [5.41, 5.74) is 1.04. The van der Waals surface area contributed by atoms with Gasteiger partial charge >= 0.3 is 0 Å². The molecule has 32 heavy (non-hydrogen) atoms. The average molecular weight is 473 g/mol. The summed E-state index contributed by atoms with van der Waals surface area (Å²) in [6, 6.07) is 11.7. The van der Waals surface area contributed by atoms with Crippen molar-refractivity contribution in [2.24, 2.45) is 0 Å². The molecule has 0 spiro atoms. The molecule has 166 valence electrons. The third-order valence-corrected chi connectivity index (χ3v) is 6.37. The van der Waals surface area contributed by atoms with Crippen LogP contribution < -0.4 is 14.8 Å². The molecular weight excluding hydrogens is 452 g/mol. The number of rotatable bonds is 6. The van der Waals surface area contributed by atoms with E-state index in [0.717, 1.165) is 12.8 Å². The summed E-state index contributed by atoms with van der Waals surface area (Å²) >= 11 is 7.15. The van der Waals surface area contributed by atoms with Crippen molar-refractivity contribution in [1.29, 1.82) is 0 Å². The summed E-state index contributed by atoms with van der Waals surface area (Å²) < 4.78 is 10.6. The van der Waals surface area contributed by atoms with Gasteiger partial charge in [-0.05, 0) is 43.2 Å². The molecule has 4 rings (SSSR count). The van der Waals surface area contributed by atoms with Gasteiger partial charge in [0.25, 0.3) is 11.8 Å². The maximum absolute atomic E-state index is 13.3. The average Bonchev–Trinajstić information content (AvgIpc) is 3.48.